The summed E-state index contributed by atoms with van der Waals surface area (Å²) in [5.74, 6) is 1.59. The van der Waals surface area contributed by atoms with Gasteiger partial charge in [-0.25, -0.2) is 4.79 Å². The van der Waals surface area contributed by atoms with Crippen LogP contribution in [0.5, 0.6) is 6.01 Å². The minimum absolute atomic E-state index is 0.00158. The first-order valence-corrected chi connectivity index (χ1v) is 16.5. The Bertz CT molecular complexity index is 1460. The zero-order valence-corrected chi connectivity index (χ0v) is 25.0. The monoisotopic (exact) mass is 610 g/mol. The summed E-state index contributed by atoms with van der Waals surface area (Å²) >= 11 is 3.36. The van der Waals surface area contributed by atoms with Gasteiger partial charge in [0.2, 0.25) is 0 Å². The number of carbonyl (C=O) groups is 1. The molecule has 4 fully saturated rings. The van der Waals surface area contributed by atoms with Gasteiger partial charge < -0.3 is 35.1 Å². The molecule has 3 saturated heterocycles. The van der Waals surface area contributed by atoms with Gasteiger partial charge in [0.15, 0.2) is 11.6 Å². The number of rotatable bonds is 6. The van der Waals surface area contributed by atoms with E-state index in [2.05, 4.69) is 26.1 Å². The van der Waals surface area contributed by atoms with E-state index in [4.69, 9.17) is 29.9 Å². The lowest BCUT2D eigenvalue weighted by Gasteiger charge is -2.49. The smallest absolute Gasteiger partial charge is 0.345 e. The third kappa shape index (κ3) is 4.40. The number of nitriles is 1. The highest BCUT2D eigenvalue weighted by Crippen LogP contribution is 2.58. The van der Waals surface area contributed by atoms with Crippen molar-refractivity contribution in [2.45, 2.75) is 29.4 Å². The molecule has 7 heterocycles. The molecule has 0 aromatic carbocycles. The number of anilines is 3. The fourth-order valence-electron chi connectivity index (χ4n) is 6.95. The van der Waals surface area contributed by atoms with Crippen LogP contribution in [0.15, 0.2) is 0 Å². The average molecular weight is 611 g/mol. The molecule has 5 aliphatic heterocycles. The van der Waals surface area contributed by atoms with Crippen molar-refractivity contribution in [3.05, 3.63) is 21.6 Å². The molecule has 1 aliphatic carbocycles. The Kier molecular flexibility index (Phi) is 6.45. The van der Waals surface area contributed by atoms with Crippen molar-refractivity contribution in [2.24, 2.45) is 5.41 Å². The van der Waals surface area contributed by atoms with E-state index >= 15 is 0 Å². The lowest BCUT2D eigenvalue weighted by Crippen LogP contribution is -2.57. The van der Waals surface area contributed by atoms with Crippen LogP contribution in [0.2, 0.25) is 0 Å². The summed E-state index contributed by atoms with van der Waals surface area (Å²) in [6.07, 6.45) is 2.24. The number of piperazine rings is 1. The minimum atomic E-state index is -0.398. The summed E-state index contributed by atoms with van der Waals surface area (Å²) in [5, 5.41) is 13.8. The first-order valence-electron chi connectivity index (χ1n) is 14.7. The van der Waals surface area contributed by atoms with Gasteiger partial charge in [-0.3, -0.25) is 4.90 Å². The third-order valence-corrected chi connectivity index (χ3v) is 12.1. The number of nitrogen functional groups attached to an aromatic ring is 1. The largest absolute Gasteiger partial charge is 0.463 e. The van der Waals surface area contributed by atoms with E-state index < -0.39 is 5.97 Å². The number of fused-ring (bicyclic) bond motifs is 5. The Morgan fingerprint density at radius 3 is 2.79 bits per heavy atom. The number of nitrogens with zero attached hydrogens (tertiary/aromatic N) is 6. The molecule has 0 radical (unpaired) electrons. The molecule has 2 aromatic heterocycles. The number of nitrogens with one attached hydrogen (secondary N) is 1. The molecule has 14 heteroatoms. The molecule has 8 rings (SSSR count). The molecule has 0 amide bonds. The van der Waals surface area contributed by atoms with Crippen molar-refractivity contribution >= 4 is 45.7 Å². The number of thioether (sulfide) groups is 1. The van der Waals surface area contributed by atoms with E-state index in [-0.39, 0.29) is 16.2 Å². The molecule has 1 saturated carbocycles. The van der Waals surface area contributed by atoms with E-state index in [1.54, 1.807) is 0 Å². The molecule has 0 bridgehead atoms. The van der Waals surface area contributed by atoms with Gasteiger partial charge in [-0.05, 0) is 12.8 Å². The van der Waals surface area contributed by atoms with Crippen LogP contribution in [0, 0.1) is 16.7 Å². The second-order valence-corrected chi connectivity index (χ2v) is 14.7. The molecule has 2 aromatic rings. The summed E-state index contributed by atoms with van der Waals surface area (Å²) in [6.45, 7) is 8.76. The highest BCUT2D eigenvalue weighted by atomic mass is 32.2. The van der Waals surface area contributed by atoms with Crippen molar-refractivity contribution in [3.63, 3.8) is 0 Å². The van der Waals surface area contributed by atoms with Gasteiger partial charge in [0.05, 0.1) is 36.2 Å². The molecule has 0 unspecified atom stereocenters. The SMILES string of the molecule is N#Cc1c(N)sc2c1C1(CN(c3nc(OCC4(CN5CCOCC5)CC4)nc4c3C(=O)OC[C@@H]3CNCCN43)C1)SC2. The highest BCUT2D eigenvalue weighted by molar-refractivity contribution is 8.00. The van der Waals surface area contributed by atoms with Gasteiger partial charge in [0, 0.05) is 74.0 Å². The first kappa shape index (κ1) is 26.8. The molecular formula is C28H34N8O4S2. The number of nitrogens with two attached hydrogens (primary N) is 1. The third-order valence-electron chi connectivity index (χ3n) is 9.46. The van der Waals surface area contributed by atoms with Crippen LogP contribution in [-0.4, -0.2) is 106 Å². The van der Waals surface area contributed by atoms with Gasteiger partial charge >= 0.3 is 12.0 Å². The van der Waals surface area contributed by atoms with Crippen LogP contribution in [0.1, 0.15) is 39.2 Å². The normalized spacial score (nSPS) is 25.5. The molecular weight excluding hydrogens is 576 g/mol. The number of hydrogen-bond donors (Lipinski definition) is 2. The van der Waals surface area contributed by atoms with Crippen LogP contribution in [0.4, 0.5) is 16.6 Å². The molecule has 6 aliphatic rings. The first-order chi connectivity index (χ1) is 20.5. The van der Waals surface area contributed by atoms with Crippen molar-refractivity contribution < 1.29 is 19.0 Å². The second-order valence-electron chi connectivity index (χ2n) is 12.2. The zero-order valence-electron chi connectivity index (χ0n) is 23.4. The van der Waals surface area contributed by atoms with E-state index in [0.717, 1.165) is 63.6 Å². The molecule has 42 heavy (non-hydrogen) atoms. The fraction of sp³-hybridized carbons (Fsp3) is 0.643. The van der Waals surface area contributed by atoms with Crippen LogP contribution in [0.3, 0.4) is 0 Å². The predicted molar refractivity (Wildman–Crippen MR) is 159 cm³/mol. The molecule has 3 N–H and O–H groups in total. The number of thiophene rings is 1. The number of hydrogen-bond acceptors (Lipinski definition) is 14. The van der Waals surface area contributed by atoms with Gasteiger partial charge in [-0.1, -0.05) is 0 Å². The van der Waals surface area contributed by atoms with Gasteiger partial charge in [0.25, 0.3) is 0 Å². The van der Waals surface area contributed by atoms with E-state index in [1.165, 1.54) is 16.2 Å². The number of esters is 1. The molecule has 12 nitrogen and oxygen atoms in total. The maximum absolute atomic E-state index is 13.5. The number of aromatic nitrogens is 2. The minimum Gasteiger partial charge on any atom is -0.463 e. The van der Waals surface area contributed by atoms with E-state index in [1.807, 2.05) is 11.8 Å². The Balaban J connectivity index is 1.11. The standard InChI is InChI=1S/C28H34N8O4S2/c29-9-18-21-19(42-22(18)30)12-41-28(21)14-35(15-28)23-20-24(36-4-3-31-10-17(36)11-39-25(20)37)33-26(32-23)40-16-27(1-2-27)13-34-5-7-38-8-6-34/h17,31H,1-8,10-16,30H2/t17-/m0/s1. The lowest BCUT2D eigenvalue weighted by atomic mass is 9.88. The average Bonchev–Trinajstić information content (AvgIpc) is 3.58. The van der Waals surface area contributed by atoms with Crippen molar-refractivity contribution in [2.75, 3.05) is 94.3 Å². The number of carbonyl (C=O) groups excluding carboxylic acids is 1. The van der Waals surface area contributed by atoms with Gasteiger partial charge in [-0.15, -0.1) is 23.1 Å². The van der Waals surface area contributed by atoms with Crippen molar-refractivity contribution in [1.82, 2.24) is 20.2 Å². The van der Waals surface area contributed by atoms with Crippen LogP contribution < -0.4 is 25.6 Å². The van der Waals surface area contributed by atoms with Gasteiger partial charge in [-0.2, -0.15) is 15.2 Å². The maximum Gasteiger partial charge on any atom is 0.345 e. The zero-order chi connectivity index (χ0) is 28.5. The Morgan fingerprint density at radius 2 is 2.00 bits per heavy atom. The maximum atomic E-state index is 13.5. The van der Waals surface area contributed by atoms with Crippen molar-refractivity contribution in [3.8, 4) is 12.1 Å². The van der Waals surface area contributed by atoms with Crippen LogP contribution in [-0.2, 0) is 20.0 Å². The summed E-state index contributed by atoms with van der Waals surface area (Å²) < 4.78 is 17.5. The van der Waals surface area contributed by atoms with Crippen LogP contribution >= 0.6 is 23.1 Å². The predicted octanol–water partition coefficient (Wildman–Crippen LogP) is 1.39. The topological polar surface area (TPSA) is 142 Å². The summed E-state index contributed by atoms with van der Waals surface area (Å²) in [4.78, 5) is 31.2. The number of morpholine rings is 1. The lowest BCUT2D eigenvalue weighted by molar-refractivity contribution is 0.0231. The number of cyclic esters (lactones) is 1. The van der Waals surface area contributed by atoms with E-state index in [9.17, 15) is 10.1 Å². The molecule has 1 atom stereocenters. The summed E-state index contributed by atoms with van der Waals surface area (Å²) in [7, 11) is 0. The highest BCUT2D eigenvalue weighted by Gasteiger charge is 2.54. The second kappa shape index (κ2) is 10.1. The Morgan fingerprint density at radius 1 is 1.19 bits per heavy atom. The van der Waals surface area contributed by atoms with Crippen LogP contribution in [0.25, 0.3) is 0 Å². The summed E-state index contributed by atoms with van der Waals surface area (Å²) in [6, 6.07) is 2.64. The quantitative estimate of drug-likeness (QED) is 0.456. The fourth-order valence-corrected chi connectivity index (χ4v) is 9.76. The van der Waals surface area contributed by atoms with E-state index in [0.29, 0.717) is 73.2 Å². The Hall–Kier alpha value is -2.83. The molecule has 222 valence electrons. The van der Waals surface area contributed by atoms with Gasteiger partial charge in [0.1, 0.15) is 23.2 Å². The molecule has 1 spiro atoms. The van der Waals surface area contributed by atoms with Crippen molar-refractivity contribution in [1.29, 1.82) is 5.26 Å². The number of ether oxygens (including phenoxy) is 3. The Labute approximate surface area is 252 Å². The summed E-state index contributed by atoms with van der Waals surface area (Å²) in [5.41, 5.74) is 8.38.